The number of nitrogens with zero attached hydrogens (tertiary/aromatic N) is 4. The molecule has 96 valence electrons. The molecule has 1 atom stereocenters. The Morgan fingerprint density at radius 2 is 2.11 bits per heavy atom. The third-order valence-corrected chi connectivity index (χ3v) is 3.65. The van der Waals surface area contributed by atoms with Crippen molar-refractivity contribution in [3.05, 3.63) is 24.8 Å². The topological polar surface area (TPSA) is 49.7 Å². The highest BCUT2D eigenvalue weighted by Gasteiger charge is 2.19. The van der Waals surface area contributed by atoms with Gasteiger partial charge in [-0.1, -0.05) is 0 Å². The zero-order chi connectivity index (χ0) is 12.4. The summed E-state index contributed by atoms with van der Waals surface area (Å²) >= 11 is 0. The maximum Gasteiger partial charge on any atom is 0.176 e. The summed E-state index contributed by atoms with van der Waals surface area (Å²) in [6.07, 6.45) is 10.1. The molecule has 1 unspecified atom stereocenters. The summed E-state index contributed by atoms with van der Waals surface area (Å²) in [6, 6.07) is 0.551. The van der Waals surface area contributed by atoms with Gasteiger partial charge in [-0.3, -0.25) is 4.90 Å². The summed E-state index contributed by atoms with van der Waals surface area (Å²) < 4.78 is 2.18. The predicted molar refractivity (Wildman–Crippen MR) is 70.1 cm³/mol. The van der Waals surface area contributed by atoms with Crippen molar-refractivity contribution in [2.75, 3.05) is 13.1 Å². The standard InChI is InChI=1S/C13H19N5/c1-11(17-7-2-3-8-17)10-18-9-6-16-13(18)12-14-4-5-15-12/h4-6,9,11H,2-3,7-8,10H2,1H3,(H,14,15). The van der Waals surface area contributed by atoms with E-state index in [1.807, 2.05) is 18.6 Å². The molecule has 0 saturated carbocycles. The lowest BCUT2D eigenvalue weighted by atomic mass is 10.3. The number of aromatic amines is 1. The second kappa shape index (κ2) is 4.94. The molecule has 0 aromatic carbocycles. The van der Waals surface area contributed by atoms with Crippen LogP contribution in [0.1, 0.15) is 19.8 Å². The quantitative estimate of drug-likeness (QED) is 0.893. The minimum atomic E-state index is 0.551. The molecule has 2 aromatic rings. The van der Waals surface area contributed by atoms with Crippen molar-refractivity contribution in [1.29, 1.82) is 0 Å². The molecule has 0 spiro atoms. The van der Waals surface area contributed by atoms with E-state index in [-0.39, 0.29) is 0 Å². The first-order valence-corrected chi connectivity index (χ1v) is 6.59. The van der Waals surface area contributed by atoms with Crippen LogP contribution in [0.4, 0.5) is 0 Å². The molecular weight excluding hydrogens is 226 g/mol. The van der Waals surface area contributed by atoms with Gasteiger partial charge in [-0.2, -0.15) is 0 Å². The minimum absolute atomic E-state index is 0.551. The van der Waals surface area contributed by atoms with E-state index in [1.165, 1.54) is 25.9 Å². The van der Waals surface area contributed by atoms with Crippen molar-refractivity contribution in [2.24, 2.45) is 0 Å². The number of rotatable bonds is 4. The Hall–Kier alpha value is -1.62. The zero-order valence-corrected chi connectivity index (χ0v) is 10.7. The lowest BCUT2D eigenvalue weighted by Crippen LogP contribution is -2.33. The monoisotopic (exact) mass is 245 g/mol. The fourth-order valence-electron chi connectivity index (χ4n) is 2.64. The molecule has 2 aromatic heterocycles. The summed E-state index contributed by atoms with van der Waals surface area (Å²) in [7, 11) is 0. The van der Waals surface area contributed by atoms with Crippen LogP contribution in [0.15, 0.2) is 24.8 Å². The van der Waals surface area contributed by atoms with Gasteiger partial charge in [-0.15, -0.1) is 0 Å². The van der Waals surface area contributed by atoms with Gasteiger partial charge in [-0.25, -0.2) is 9.97 Å². The van der Waals surface area contributed by atoms with Crippen molar-refractivity contribution in [3.8, 4) is 11.6 Å². The van der Waals surface area contributed by atoms with Gasteiger partial charge in [0.05, 0.1) is 0 Å². The second-order valence-electron chi connectivity index (χ2n) is 4.93. The highest BCUT2D eigenvalue weighted by atomic mass is 15.2. The summed E-state index contributed by atoms with van der Waals surface area (Å²) in [6.45, 7) is 5.71. The van der Waals surface area contributed by atoms with Gasteiger partial charge in [0.25, 0.3) is 0 Å². The number of likely N-dealkylation sites (tertiary alicyclic amines) is 1. The van der Waals surface area contributed by atoms with Crippen LogP contribution in [-0.2, 0) is 6.54 Å². The van der Waals surface area contributed by atoms with Gasteiger partial charge in [0.2, 0.25) is 0 Å². The van der Waals surface area contributed by atoms with E-state index in [2.05, 4.69) is 31.3 Å². The zero-order valence-electron chi connectivity index (χ0n) is 10.7. The first-order valence-electron chi connectivity index (χ1n) is 6.59. The molecule has 5 heteroatoms. The lowest BCUT2D eigenvalue weighted by molar-refractivity contribution is 0.236. The first-order chi connectivity index (χ1) is 8.84. The van der Waals surface area contributed by atoms with Crippen LogP contribution in [0, 0.1) is 0 Å². The van der Waals surface area contributed by atoms with E-state index in [9.17, 15) is 0 Å². The Morgan fingerprint density at radius 1 is 1.28 bits per heavy atom. The number of imidazole rings is 2. The van der Waals surface area contributed by atoms with Crippen molar-refractivity contribution in [1.82, 2.24) is 24.4 Å². The van der Waals surface area contributed by atoms with Crippen molar-refractivity contribution < 1.29 is 0 Å². The van der Waals surface area contributed by atoms with Crippen molar-refractivity contribution >= 4 is 0 Å². The van der Waals surface area contributed by atoms with Gasteiger partial charge in [0, 0.05) is 37.4 Å². The number of nitrogens with one attached hydrogen (secondary N) is 1. The molecule has 3 rings (SSSR count). The SMILES string of the molecule is CC(Cn1ccnc1-c1ncc[nH]1)N1CCCC1. The van der Waals surface area contributed by atoms with Crippen LogP contribution in [-0.4, -0.2) is 43.6 Å². The van der Waals surface area contributed by atoms with Gasteiger partial charge in [0.1, 0.15) is 0 Å². The third kappa shape index (κ3) is 2.18. The van der Waals surface area contributed by atoms with E-state index >= 15 is 0 Å². The molecule has 1 fully saturated rings. The fraction of sp³-hybridized carbons (Fsp3) is 0.538. The van der Waals surface area contributed by atoms with E-state index in [0.29, 0.717) is 6.04 Å². The smallest absolute Gasteiger partial charge is 0.176 e. The molecule has 5 nitrogen and oxygen atoms in total. The number of H-pyrrole nitrogens is 1. The average molecular weight is 245 g/mol. The molecule has 3 heterocycles. The highest BCUT2D eigenvalue weighted by Crippen LogP contribution is 2.16. The van der Waals surface area contributed by atoms with E-state index in [1.54, 1.807) is 6.20 Å². The minimum Gasteiger partial charge on any atom is -0.342 e. The Morgan fingerprint density at radius 3 is 2.83 bits per heavy atom. The van der Waals surface area contributed by atoms with E-state index in [4.69, 9.17) is 0 Å². The largest absolute Gasteiger partial charge is 0.342 e. The van der Waals surface area contributed by atoms with Crippen LogP contribution in [0.5, 0.6) is 0 Å². The highest BCUT2D eigenvalue weighted by molar-refractivity contribution is 5.43. The molecular formula is C13H19N5. The van der Waals surface area contributed by atoms with Gasteiger partial charge < -0.3 is 9.55 Å². The van der Waals surface area contributed by atoms with Crippen LogP contribution in [0.2, 0.25) is 0 Å². The van der Waals surface area contributed by atoms with Gasteiger partial charge >= 0.3 is 0 Å². The Labute approximate surface area is 107 Å². The third-order valence-electron chi connectivity index (χ3n) is 3.65. The molecule has 0 amide bonds. The number of aromatic nitrogens is 4. The first kappa shape index (κ1) is 11.5. The van der Waals surface area contributed by atoms with Gasteiger partial charge in [0.15, 0.2) is 11.6 Å². The van der Waals surface area contributed by atoms with E-state index in [0.717, 1.165) is 18.2 Å². The Bertz CT molecular complexity index is 481. The molecule has 1 aliphatic rings. The molecule has 1 aliphatic heterocycles. The Kier molecular flexibility index (Phi) is 3.15. The van der Waals surface area contributed by atoms with Crippen LogP contribution in [0.3, 0.4) is 0 Å². The van der Waals surface area contributed by atoms with E-state index < -0.39 is 0 Å². The summed E-state index contributed by atoms with van der Waals surface area (Å²) in [4.78, 5) is 14.3. The molecule has 18 heavy (non-hydrogen) atoms. The average Bonchev–Trinajstić information content (AvgIpc) is 3.11. The molecule has 0 radical (unpaired) electrons. The number of hydrogen-bond donors (Lipinski definition) is 1. The second-order valence-corrected chi connectivity index (χ2v) is 4.93. The molecule has 0 bridgehead atoms. The molecule has 0 aliphatic carbocycles. The summed E-state index contributed by atoms with van der Waals surface area (Å²) in [5.41, 5.74) is 0. The number of hydrogen-bond acceptors (Lipinski definition) is 3. The maximum absolute atomic E-state index is 4.39. The summed E-state index contributed by atoms with van der Waals surface area (Å²) in [5, 5.41) is 0. The fourth-order valence-corrected chi connectivity index (χ4v) is 2.64. The molecule has 1 saturated heterocycles. The van der Waals surface area contributed by atoms with Crippen LogP contribution in [0.25, 0.3) is 11.6 Å². The van der Waals surface area contributed by atoms with Crippen molar-refractivity contribution in [2.45, 2.75) is 32.4 Å². The predicted octanol–water partition coefficient (Wildman–Crippen LogP) is 1.76. The normalized spacial score (nSPS) is 18.3. The maximum atomic E-state index is 4.39. The van der Waals surface area contributed by atoms with Crippen molar-refractivity contribution in [3.63, 3.8) is 0 Å². The van der Waals surface area contributed by atoms with Crippen LogP contribution < -0.4 is 0 Å². The molecule has 1 N–H and O–H groups in total. The van der Waals surface area contributed by atoms with Crippen LogP contribution >= 0.6 is 0 Å². The Balaban J connectivity index is 1.75. The lowest BCUT2D eigenvalue weighted by Gasteiger charge is -2.24. The van der Waals surface area contributed by atoms with Gasteiger partial charge in [-0.05, 0) is 32.9 Å². The summed E-state index contributed by atoms with van der Waals surface area (Å²) in [5.74, 6) is 1.76.